The van der Waals surface area contributed by atoms with Crippen molar-refractivity contribution in [3.63, 3.8) is 0 Å². The summed E-state index contributed by atoms with van der Waals surface area (Å²) in [6.07, 6.45) is 2.58. The molecule has 0 spiro atoms. The van der Waals surface area contributed by atoms with Crippen molar-refractivity contribution in [3.05, 3.63) is 60.2 Å². The van der Waals surface area contributed by atoms with Crippen LogP contribution in [0.2, 0.25) is 0 Å². The highest BCUT2D eigenvalue weighted by atomic mass is 16.4. The third-order valence-electron chi connectivity index (χ3n) is 3.49. The van der Waals surface area contributed by atoms with Gasteiger partial charge in [0.1, 0.15) is 0 Å². The summed E-state index contributed by atoms with van der Waals surface area (Å²) in [5, 5.41) is 11.7. The molecule has 124 valence electrons. The van der Waals surface area contributed by atoms with Crippen molar-refractivity contribution in [1.29, 1.82) is 0 Å². The Morgan fingerprint density at radius 1 is 1.17 bits per heavy atom. The highest BCUT2D eigenvalue weighted by Crippen LogP contribution is 2.20. The molecule has 1 amide bonds. The summed E-state index contributed by atoms with van der Waals surface area (Å²) >= 11 is 0. The number of amides is 1. The van der Waals surface area contributed by atoms with Gasteiger partial charge in [0, 0.05) is 18.5 Å². The first kappa shape index (κ1) is 17.6. The normalized spacial score (nSPS) is 11.3. The van der Waals surface area contributed by atoms with Crippen LogP contribution in [0, 0.1) is 17.3 Å². The maximum absolute atomic E-state index is 11.5. The molecule has 0 saturated carbocycles. The first-order chi connectivity index (χ1) is 11.4. The largest absolute Gasteiger partial charge is 0.465 e. The predicted octanol–water partition coefficient (Wildman–Crippen LogP) is 4.93. The number of carbonyl (C=O) groups is 1. The quantitative estimate of drug-likeness (QED) is 0.812. The first-order valence-corrected chi connectivity index (χ1v) is 7.99. The lowest BCUT2D eigenvalue weighted by Gasteiger charge is -2.18. The molecule has 2 rings (SSSR count). The standard InChI is InChI=1S/C21H23NO2/c1-21(2,3)14-7-4-8-15-22(20(23)24)16-18-12-9-11-17-10-5-6-13-19(17)18/h4-6,8-13H,15-16H2,1-3H3,(H,23,24). The van der Waals surface area contributed by atoms with Gasteiger partial charge in [-0.3, -0.25) is 0 Å². The monoisotopic (exact) mass is 321 g/mol. The maximum Gasteiger partial charge on any atom is 0.407 e. The van der Waals surface area contributed by atoms with E-state index in [-0.39, 0.29) is 5.41 Å². The van der Waals surface area contributed by atoms with Gasteiger partial charge in [-0.2, -0.15) is 0 Å². The van der Waals surface area contributed by atoms with Gasteiger partial charge in [-0.25, -0.2) is 4.79 Å². The molecule has 0 saturated heterocycles. The van der Waals surface area contributed by atoms with Crippen LogP contribution in [0.3, 0.4) is 0 Å². The fraction of sp³-hybridized carbons (Fsp3) is 0.286. The van der Waals surface area contributed by atoms with E-state index in [1.807, 2.05) is 63.2 Å². The van der Waals surface area contributed by atoms with Gasteiger partial charge in [-0.05, 0) is 43.2 Å². The predicted molar refractivity (Wildman–Crippen MR) is 98.8 cm³/mol. The smallest absolute Gasteiger partial charge is 0.407 e. The van der Waals surface area contributed by atoms with Crippen LogP contribution in [0.5, 0.6) is 0 Å². The van der Waals surface area contributed by atoms with E-state index in [9.17, 15) is 9.90 Å². The summed E-state index contributed by atoms with van der Waals surface area (Å²) in [7, 11) is 0. The fourth-order valence-electron chi connectivity index (χ4n) is 2.34. The Morgan fingerprint density at radius 2 is 1.88 bits per heavy atom. The van der Waals surface area contributed by atoms with E-state index in [1.165, 1.54) is 4.90 Å². The van der Waals surface area contributed by atoms with Gasteiger partial charge in [0.25, 0.3) is 0 Å². The number of hydrogen-bond acceptors (Lipinski definition) is 1. The van der Waals surface area contributed by atoms with Gasteiger partial charge in [-0.1, -0.05) is 60.4 Å². The van der Waals surface area contributed by atoms with E-state index in [0.29, 0.717) is 13.1 Å². The molecule has 24 heavy (non-hydrogen) atoms. The number of nitrogens with zero attached hydrogens (tertiary/aromatic N) is 1. The summed E-state index contributed by atoms with van der Waals surface area (Å²) in [5.41, 5.74) is 0.949. The molecule has 0 bridgehead atoms. The Hall–Kier alpha value is -2.73. The van der Waals surface area contributed by atoms with Gasteiger partial charge in [0.2, 0.25) is 0 Å². The van der Waals surface area contributed by atoms with Gasteiger partial charge in [0.15, 0.2) is 0 Å². The van der Waals surface area contributed by atoms with E-state index < -0.39 is 6.09 Å². The van der Waals surface area contributed by atoms with E-state index in [2.05, 4.69) is 11.8 Å². The average molecular weight is 321 g/mol. The van der Waals surface area contributed by atoms with Crippen LogP contribution in [0.1, 0.15) is 26.3 Å². The Balaban J connectivity index is 2.12. The molecular formula is C21H23NO2. The molecular weight excluding hydrogens is 298 g/mol. The van der Waals surface area contributed by atoms with Crippen LogP contribution in [0.25, 0.3) is 10.8 Å². The van der Waals surface area contributed by atoms with Gasteiger partial charge in [-0.15, -0.1) is 0 Å². The van der Waals surface area contributed by atoms with E-state index in [4.69, 9.17) is 0 Å². The number of allylic oxidation sites excluding steroid dienone is 1. The third-order valence-corrected chi connectivity index (χ3v) is 3.49. The lowest BCUT2D eigenvalue weighted by atomic mass is 9.98. The summed E-state index contributed by atoms with van der Waals surface area (Å²) in [6, 6.07) is 14.0. The van der Waals surface area contributed by atoms with E-state index in [1.54, 1.807) is 12.2 Å². The van der Waals surface area contributed by atoms with Crippen LogP contribution in [0.15, 0.2) is 54.6 Å². The number of hydrogen-bond donors (Lipinski definition) is 1. The zero-order chi connectivity index (χ0) is 17.6. The summed E-state index contributed by atoms with van der Waals surface area (Å²) in [5.74, 6) is 6.06. The molecule has 0 aliphatic heterocycles. The van der Waals surface area contributed by atoms with Crippen molar-refractivity contribution in [2.45, 2.75) is 27.3 Å². The van der Waals surface area contributed by atoms with Crippen molar-refractivity contribution in [2.75, 3.05) is 6.54 Å². The molecule has 2 aromatic carbocycles. The number of rotatable bonds is 4. The molecule has 2 aromatic rings. The fourth-order valence-corrected chi connectivity index (χ4v) is 2.34. The van der Waals surface area contributed by atoms with Crippen molar-refractivity contribution in [3.8, 4) is 11.8 Å². The second kappa shape index (κ2) is 7.70. The van der Waals surface area contributed by atoms with Gasteiger partial charge >= 0.3 is 6.09 Å². The molecule has 1 N–H and O–H groups in total. The lowest BCUT2D eigenvalue weighted by Crippen LogP contribution is -2.29. The van der Waals surface area contributed by atoms with Crippen molar-refractivity contribution < 1.29 is 9.90 Å². The van der Waals surface area contributed by atoms with Crippen LogP contribution in [-0.2, 0) is 6.54 Å². The second-order valence-corrected chi connectivity index (χ2v) is 6.72. The molecule has 3 nitrogen and oxygen atoms in total. The minimum atomic E-state index is -0.934. The number of fused-ring (bicyclic) bond motifs is 1. The molecule has 0 atom stereocenters. The van der Waals surface area contributed by atoms with Crippen LogP contribution < -0.4 is 0 Å². The SMILES string of the molecule is CC(C)(C)C#CC=CCN(Cc1cccc2ccccc12)C(=O)O. The van der Waals surface area contributed by atoms with Crippen LogP contribution in [0.4, 0.5) is 4.79 Å². The highest BCUT2D eigenvalue weighted by Gasteiger charge is 2.12. The minimum absolute atomic E-state index is 0.0558. The minimum Gasteiger partial charge on any atom is -0.465 e. The van der Waals surface area contributed by atoms with Crippen molar-refractivity contribution in [1.82, 2.24) is 4.90 Å². The van der Waals surface area contributed by atoms with Crippen molar-refractivity contribution >= 4 is 16.9 Å². The Morgan fingerprint density at radius 3 is 2.58 bits per heavy atom. The Labute approximate surface area is 143 Å². The average Bonchev–Trinajstić information content (AvgIpc) is 2.52. The zero-order valence-electron chi connectivity index (χ0n) is 14.4. The maximum atomic E-state index is 11.5. The lowest BCUT2D eigenvalue weighted by molar-refractivity contribution is 0.148. The summed E-state index contributed by atoms with van der Waals surface area (Å²) in [6.45, 7) is 6.79. The number of benzene rings is 2. The topological polar surface area (TPSA) is 40.5 Å². The summed E-state index contributed by atoms with van der Waals surface area (Å²) < 4.78 is 0. The zero-order valence-corrected chi connectivity index (χ0v) is 14.4. The third kappa shape index (κ3) is 5.17. The molecule has 0 aliphatic carbocycles. The molecule has 0 aromatic heterocycles. The molecule has 0 radical (unpaired) electrons. The van der Waals surface area contributed by atoms with E-state index >= 15 is 0 Å². The highest BCUT2D eigenvalue weighted by molar-refractivity contribution is 5.85. The van der Waals surface area contributed by atoms with E-state index in [0.717, 1.165) is 16.3 Å². The number of carboxylic acid groups (broad SMARTS) is 1. The second-order valence-electron chi connectivity index (χ2n) is 6.72. The molecule has 0 heterocycles. The Kier molecular flexibility index (Phi) is 5.65. The molecule has 3 heteroatoms. The first-order valence-electron chi connectivity index (χ1n) is 7.99. The summed E-state index contributed by atoms with van der Waals surface area (Å²) in [4.78, 5) is 12.9. The van der Waals surface area contributed by atoms with Gasteiger partial charge < -0.3 is 10.0 Å². The molecule has 0 fully saturated rings. The van der Waals surface area contributed by atoms with Crippen LogP contribution >= 0.6 is 0 Å². The Bertz CT molecular complexity index is 798. The molecule has 0 aliphatic rings. The van der Waals surface area contributed by atoms with Crippen LogP contribution in [-0.4, -0.2) is 22.6 Å². The molecule has 0 unspecified atom stereocenters. The van der Waals surface area contributed by atoms with Gasteiger partial charge in [0.05, 0.1) is 0 Å². The van der Waals surface area contributed by atoms with Crippen molar-refractivity contribution in [2.24, 2.45) is 5.41 Å².